The summed E-state index contributed by atoms with van der Waals surface area (Å²) in [6.45, 7) is 0. The van der Waals surface area contributed by atoms with Crippen LogP contribution in [-0.2, 0) is 10.1 Å². The number of nitro benzene ring substituents is 1. The number of nitrogens with zero attached hydrogens (tertiary/aromatic N) is 3. The fourth-order valence-electron chi connectivity index (χ4n) is 3.23. The van der Waals surface area contributed by atoms with E-state index in [-0.39, 0.29) is 27.9 Å². The van der Waals surface area contributed by atoms with E-state index in [2.05, 4.69) is 10.2 Å². The second-order valence-electron chi connectivity index (χ2n) is 6.56. The first-order valence-corrected chi connectivity index (χ1v) is 10.1. The highest BCUT2D eigenvalue weighted by atomic mass is 32.2. The first-order valence-electron chi connectivity index (χ1n) is 8.71. The number of hydrogen-bond donors (Lipinski definition) is 3. The van der Waals surface area contributed by atoms with Gasteiger partial charge in [-0.05, 0) is 17.5 Å². The molecule has 31 heavy (non-hydrogen) atoms. The number of azo groups is 1. The summed E-state index contributed by atoms with van der Waals surface area (Å²) in [4.78, 5) is 9.67. The molecule has 0 aliphatic heterocycles. The molecule has 0 fully saturated rings. The maximum absolute atomic E-state index is 11.7. The minimum atomic E-state index is -4.81. The van der Waals surface area contributed by atoms with Gasteiger partial charge in [0.05, 0.1) is 4.92 Å². The topological polar surface area (TPSA) is 163 Å². The molecule has 0 bridgehead atoms. The van der Waals surface area contributed by atoms with Crippen LogP contribution in [0.15, 0.2) is 75.8 Å². The van der Waals surface area contributed by atoms with Crippen LogP contribution in [0.3, 0.4) is 0 Å². The summed E-state index contributed by atoms with van der Waals surface area (Å²) < 4.78 is 33.0. The van der Waals surface area contributed by atoms with Gasteiger partial charge in [0.1, 0.15) is 27.8 Å². The minimum Gasteiger partial charge on any atom is -0.506 e. The Kier molecular flexibility index (Phi) is 4.76. The van der Waals surface area contributed by atoms with Gasteiger partial charge in [0.25, 0.3) is 15.8 Å². The molecule has 4 rings (SSSR count). The largest absolute Gasteiger partial charge is 0.506 e. The molecule has 0 aliphatic rings. The Morgan fingerprint density at radius 1 is 0.806 bits per heavy atom. The zero-order chi connectivity index (χ0) is 22.3. The molecule has 10 nitrogen and oxygen atoms in total. The minimum absolute atomic E-state index is 0.00158. The molecule has 0 atom stereocenters. The molecule has 156 valence electrons. The molecule has 0 saturated heterocycles. The fourth-order valence-corrected chi connectivity index (χ4v) is 3.94. The molecule has 3 N–H and O–H groups in total. The van der Waals surface area contributed by atoms with Crippen LogP contribution >= 0.6 is 0 Å². The highest BCUT2D eigenvalue weighted by Gasteiger charge is 2.22. The maximum Gasteiger partial charge on any atom is 0.295 e. The van der Waals surface area contributed by atoms with Crippen LogP contribution in [0.4, 0.5) is 17.1 Å². The van der Waals surface area contributed by atoms with Crippen molar-refractivity contribution in [1.82, 2.24) is 0 Å². The molecular weight excluding hydrogens is 426 g/mol. The summed E-state index contributed by atoms with van der Waals surface area (Å²) >= 11 is 0. The van der Waals surface area contributed by atoms with Crippen molar-refractivity contribution in [2.75, 3.05) is 0 Å². The Bertz CT molecular complexity index is 1510. The first-order chi connectivity index (χ1) is 14.7. The summed E-state index contributed by atoms with van der Waals surface area (Å²) in [5.74, 6) is -0.797. The molecule has 0 unspecified atom stereocenters. The summed E-state index contributed by atoms with van der Waals surface area (Å²) in [5, 5.41) is 40.8. The van der Waals surface area contributed by atoms with Crippen molar-refractivity contribution in [2.45, 2.75) is 4.90 Å². The lowest BCUT2D eigenvalue weighted by Crippen LogP contribution is -2.00. The average Bonchev–Trinajstić information content (AvgIpc) is 2.72. The number of aromatic hydroxyl groups is 2. The van der Waals surface area contributed by atoms with Crippen LogP contribution in [0.5, 0.6) is 11.5 Å². The lowest BCUT2D eigenvalue weighted by atomic mass is 10.1. The third-order valence-corrected chi connectivity index (χ3v) is 5.55. The lowest BCUT2D eigenvalue weighted by molar-refractivity contribution is -0.384. The molecule has 4 aromatic rings. The highest BCUT2D eigenvalue weighted by Crippen LogP contribution is 2.43. The Balaban J connectivity index is 1.98. The van der Waals surface area contributed by atoms with Gasteiger partial charge < -0.3 is 10.2 Å². The molecule has 0 aliphatic carbocycles. The lowest BCUT2D eigenvalue weighted by Gasteiger charge is -2.09. The SMILES string of the molecule is O=[N+]([O-])c1ccc2c(/N=N/c3c(O)ccc4ccccc34)c(O)cc(S(=O)(=O)O)c2c1. The second kappa shape index (κ2) is 7.31. The van der Waals surface area contributed by atoms with Gasteiger partial charge >= 0.3 is 0 Å². The summed E-state index contributed by atoms with van der Waals surface area (Å²) in [6, 6.07) is 14.2. The van der Waals surface area contributed by atoms with E-state index in [1.54, 1.807) is 30.3 Å². The zero-order valence-corrected chi connectivity index (χ0v) is 16.3. The normalized spacial score (nSPS) is 12.0. The van der Waals surface area contributed by atoms with Crippen molar-refractivity contribution >= 4 is 48.7 Å². The van der Waals surface area contributed by atoms with Crippen LogP contribution in [0.1, 0.15) is 0 Å². The van der Waals surface area contributed by atoms with Crippen molar-refractivity contribution in [2.24, 2.45) is 10.2 Å². The van der Waals surface area contributed by atoms with E-state index in [0.29, 0.717) is 5.39 Å². The first kappa shape index (κ1) is 20.2. The molecular formula is C20H13N3O7S. The van der Waals surface area contributed by atoms with E-state index in [9.17, 15) is 33.3 Å². The van der Waals surface area contributed by atoms with Crippen LogP contribution in [0.2, 0.25) is 0 Å². The predicted octanol–water partition coefficient (Wildman–Crippen LogP) is 4.97. The summed E-state index contributed by atoms with van der Waals surface area (Å²) in [7, 11) is -4.81. The van der Waals surface area contributed by atoms with Crippen molar-refractivity contribution in [3.8, 4) is 11.5 Å². The number of phenols is 2. The van der Waals surface area contributed by atoms with E-state index in [0.717, 1.165) is 23.6 Å². The van der Waals surface area contributed by atoms with Gasteiger partial charge in [0.15, 0.2) is 0 Å². The van der Waals surface area contributed by atoms with Crippen LogP contribution in [0.25, 0.3) is 21.5 Å². The van der Waals surface area contributed by atoms with Gasteiger partial charge in [-0.1, -0.05) is 30.3 Å². The second-order valence-corrected chi connectivity index (χ2v) is 7.95. The molecule has 0 amide bonds. The summed E-state index contributed by atoms with van der Waals surface area (Å²) in [5.41, 5.74) is -0.492. The number of fused-ring (bicyclic) bond motifs is 2. The van der Waals surface area contributed by atoms with Gasteiger partial charge in [-0.15, -0.1) is 10.2 Å². The fraction of sp³-hybridized carbons (Fsp3) is 0. The molecule has 0 radical (unpaired) electrons. The maximum atomic E-state index is 11.7. The van der Waals surface area contributed by atoms with Gasteiger partial charge in [-0.2, -0.15) is 8.42 Å². The van der Waals surface area contributed by atoms with Gasteiger partial charge in [0, 0.05) is 34.4 Å². The van der Waals surface area contributed by atoms with Gasteiger partial charge in [-0.25, -0.2) is 0 Å². The van der Waals surface area contributed by atoms with Crippen molar-refractivity contribution in [3.05, 3.63) is 70.8 Å². The summed E-state index contributed by atoms with van der Waals surface area (Å²) in [6.07, 6.45) is 0. The highest BCUT2D eigenvalue weighted by molar-refractivity contribution is 7.86. The van der Waals surface area contributed by atoms with Gasteiger partial charge in [0.2, 0.25) is 0 Å². The van der Waals surface area contributed by atoms with Crippen molar-refractivity contribution in [3.63, 3.8) is 0 Å². The van der Waals surface area contributed by atoms with E-state index >= 15 is 0 Å². The smallest absolute Gasteiger partial charge is 0.295 e. The van der Waals surface area contributed by atoms with E-state index in [1.165, 1.54) is 12.1 Å². The van der Waals surface area contributed by atoms with Crippen molar-refractivity contribution in [1.29, 1.82) is 0 Å². The number of nitro groups is 1. The van der Waals surface area contributed by atoms with Crippen LogP contribution < -0.4 is 0 Å². The standard InChI is InChI=1S/C20H13N3O7S/c24-16-8-5-11-3-1-2-4-13(11)19(16)21-22-20-14-7-6-12(23(26)27)9-15(14)18(10-17(20)25)31(28,29)30/h1-10,24-25H,(H,28,29,30)/b22-21+. The van der Waals surface area contributed by atoms with E-state index in [1.807, 2.05) is 0 Å². The number of non-ortho nitro benzene ring substituents is 1. The Hall–Kier alpha value is -4.09. The Labute approximate surface area is 174 Å². The third kappa shape index (κ3) is 3.63. The Morgan fingerprint density at radius 2 is 1.48 bits per heavy atom. The van der Waals surface area contributed by atoms with Gasteiger partial charge in [-0.3, -0.25) is 14.7 Å². The van der Waals surface area contributed by atoms with Crippen LogP contribution in [0, 0.1) is 10.1 Å². The molecule has 11 heteroatoms. The molecule has 0 aromatic heterocycles. The van der Waals surface area contributed by atoms with Crippen molar-refractivity contribution < 1.29 is 28.1 Å². The molecule has 0 spiro atoms. The quantitative estimate of drug-likeness (QED) is 0.175. The van der Waals surface area contributed by atoms with E-state index < -0.39 is 31.4 Å². The molecule has 0 saturated carbocycles. The average molecular weight is 439 g/mol. The molecule has 4 aromatic carbocycles. The number of phenolic OH excluding ortho intramolecular Hbond substituents is 2. The van der Waals surface area contributed by atoms with E-state index in [4.69, 9.17) is 0 Å². The monoisotopic (exact) mass is 439 g/mol. The number of rotatable bonds is 4. The number of benzene rings is 4. The molecule has 0 heterocycles. The number of hydrogen-bond acceptors (Lipinski definition) is 8. The van der Waals surface area contributed by atoms with Crippen LogP contribution in [-0.4, -0.2) is 28.1 Å². The Morgan fingerprint density at radius 3 is 2.16 bits per heavy atom. The zero-order valence-electron chi connectivity index (χ0n) is 15.5. The predicted molar refractivity (Wildman–Crippen MR) is 112 cm³/mol. The third-order valence-electron chi connectivity index (χ3n) is 4.65.